The van der Waals surface area contributed by atoms with Crippen molar-refractivity contribution in [2.24, 2.45) is 0 Å². The van der Waals surface area contributed by atoms with Gasteiger partial charge in [0.1, 0.15) is 12.0 Å². The number of carbonyl (C=O) groups excluding carboxylic acids is 1. The Hall–Kier alpha value is -3.39. The largest absolute Gasteiger partial charge is 0.393 e. The van der Waals surface area contributed by atoms with E-state index in [0.717, 1.165) is 11.3 Å². The van der Waals surface area contributed by atoms with Gasteiger partial charge >= 0.3 is 0 Å². The lowest BCUT2D eigenvalue weighted by molar-refractivity contribution is 0.0962. The van der Waals surface area contributed by atoms with Crippen LogP contribution in [0.25, 0.3) is 0 Å². The summed E-state index contributed by atoms with van der Waals surface area (Å²) in [6.07, 6.45) is 4.38. The van der Waals surface area contributed by atoms with Crippen LogP contribution in [0.15, 0.2) is 49.1 Å². The molecular formula is C17H16ClN7O. The number of aryl methyl sites for hydroxylation is 1. The number of nitrogens with two attached hydrogens (primary N) is 1. The summed E-state index contributed by atoms with van der Waals surface area (Å²) < 4.78 is 0. The molecule has 2 aromatic heterocycles. The van der Waals surface area contributed by atoms with Crippen LogP contribution >= 0.6 is 11.6 Å². The maximum Gasteiger partial charge on any atom is 0.271 e. The Balaban J connectivity index is 1.74. The zero-order valence-corrected chi connectivity index (χ0v) is 14.6. The number of amides is 1. The molecule has 0 saturated carbocycles. The van der Waals surface area contributed by atoms with Crippen LogP contribution in [0.2, 0.25) is 5.02 Å². The normalized spacial score (nSPS) is 10.2. The Morgan fingerprint density at radius 2 is 2.00 bits per heavy atom. The molecule has 0 aliphatic carbocycles. The molecule has 0 radical (unpaired) electrons. The number of hydrazine groups is 1. The summed E-state index contributed by atoms with van der Waals surface area (Å²) >= 11 is 5.97. The van der Waals surface area contributed by atoms with Gasteiger partial charge in [0.05, 0.1) is 5.56 Å². The van der Waals surface area contributed by atoms with Crippen molar-refractivity contribution in [2.45, 2.75) is 6.92 Å². The number of hydrogen-bond acceptors (Lipinski definition) is 7. The number of rotatable bonds is 5. The van der Waals surface area contributed by atoms with E-state index in [2.05, 4.69) is 31.1 Å². The van der Waals surface area contributed by atoms with E-state index in [1.807, 2.05) is 19.1 Å². The van der Waals surface area contributed by atoms with Gasteiger partial charge in [-0.25, -0.2) is 9.97 Å². The fraction of sp³-hybridized carbons (Fsp3) is 0.0588. The van der Waals surface area contributed by atoms with Crippen LogP contribution in [0.4, 0.5) is 23.0 Å². The molecule has 0 unspecified atom stereocenters. The van der Waals surface area contributed by atoms with Crippen molar-refractivity contribution in [3.05, 3.63) is 65.2 Å². The summed E-state index contributed by atoms with van der Waals surface area (Å²) in [5, 5.41) is 3.77. The molecule has 26 heavy (non-hydrogen) atoms. The molecule has 0 atom stereocenters. The van der Waals surface area contributed by atoms with Crippen LogP contribution in [-0.2, 0) is 0 Å². The predicted molar refractivity (Wildman–Crippen MR) is 101 cm³/mol. The number of benzene rings is 1. The predicted octanol–water partition coefficient (Wildman–Crippen LogP) is 2.92. The molecule has 1 aromatic carbocycles. The van der Waals surface area contributed by atoms with Crippen LogP contribution in [0.3, 0.4) is 0 Å². The summed E-state index contributed by atoms with van der Waals surface area (Å²) in [5.41, 5.74) is 13.7. The third-order valence-electron chi connectivity index (χ3n) is 3.54. The fourth-order valence-electron chi connectivity index (χ4n) is 2.17. The minimum absolute atomic E-state index is 0.258. The topological polar surface area (TPSA) is 118 Å². The minimum atomic E-state index is -0.362. The molecular weight excluding hydrogens is 354 g/mol. The van der Waals surface area contributed by atoms with Crippen LogP contribution in [-0.4, -0.2) is 20.9 Å². The summed E-state index contributed by atoms with van der Waals surface area (Å²) in [7, 11) is 0. The van der Waals surface area contributed by atoms with Gasteiger partial charge in [-0.1, -0.05) is 11.6 Å². The van der Waals surface area contributed by atoms with Crippen molar-refractivity contribution >= 4 is 40.5 Å². The van der Waals surface area contributed by atoms with Gasteiger partial charge in [0.15, 0.2) is 11.6 Å². The number of carbonyl (C=O) groups is 1. The standard InChI is InChI=1S/C17H16ClN7O/c1-10-7-12(18)4-5-13(10)23-15-14(19)16(22-9-21-15)24-25-17(26)11-3-2-6-20-8-11/h2-9H,19H2,1H3,(H,25,26)(H2,21,22,23,24). The SMILES string of the molecule is Cc1cc(Cl)ccc1Nc1ncnc(NNC(=O)c2cccnc2)c1N. The van der Waals surface area contributed by atoms with Crippen molar-refractivity contribution in [3.63, 3.8) is 0 Å². The molecule has 0 fully saturated rings. The molecule has 1 amide bonds. The van der Waals surface area contributed by atoms with Crippen molar-refractivity contribution in [3.8, 4) is 0 Å². The van der Waals surface area contributed by atoms with E-state index in [1.165, 1.54) is 12.5 Å². The van der Waals surface area contributed by atoms with Crippen molar-refractivity contribution in [2.75, 3.05) is 16.5 Å². The van der Waals surface area contributed by atoms with E-state index in [9.17, 15) is 4.79 Å². The molecule has 0 spiro atoms. The minimum Gasteiger partial charge on any atom is -0.393 e. The Bertz CT molecular complexity index is 934. The Kier molecular flexibility index (Phi) is 5.14. The Labute approximate surface area is 154 Å². The molecule has 2 heterocycles. The number of nitrogens with one attached hydrogen (secondary N) is 3. The van der Waals surface area contributed by atoms with Gasteiger partial charge < -0.3 is 11.1 Å². The van der Waals surface area contributed by atoms with E-state index < -0.39 is 0 Å². The van der Waals surface area contributed by atoms with Gasteiger partial charge in [-0.15, -0.1) is 0 Å². The highest BCUT2D eigenvalue weighted by molar-refractivity contribution is 6.30. The third-order valence-corrected chi connectivity index (χ3v) is 3.78. The van der Waals surface area contributed by atoms with Gasteiger partial charge in [0.25, 0.3) is 5.91 Å². The molecule has 0 saturated heterocycles. The molecule has 9 heteroatoms. The maximum absolute atomic E-state index is 12.1. The molecule has 0 aliphatic heterocycles. The van der Waals surface area contributed by atoms with Crippen LogP contribution in [0.5, 0.6) is 0 Å². The average molecular weight is 370 g/mol. The number of nitrogens with zero attached hydrogens (tertiary/aromatic N) is 3. The first-order valence-corrected chi connectivity index (χ1v) is 8.02. The first kappa shape index (κ1) is 17.4. The van der Waals surface area contributed by atoms with Crippen LogP contribution in [0.1, 0.15) is 15.9 Å². The molecule has 5 N–H and O–H groups in total. The highest BCUT2D eigenvalue weighted by Gasteiger charge is 2.11. The summed E-state index contributed by atoms with van der Waals surface area (Å²) in [5.74, 6) is 0.314. The lowest BCUT2D eigenvalue weighted by atomic mass is 10.2. The van der Waals surface area contributed by atoms with Crippen LogP contribution in [0, 0.1) is 6.92 Å². The molecule has 132 valence electrons. The number of aromatic nitrogens is 3. The van der Waals surface area contributed by atoms with E-state index in [1.54, 1.807) is 24.4 Å². The molecule has 0 aliphatic rings. The van der Waals surface area contributed by atoms with Crippen molar-refractivity contribution in [1.82, 2.24) is 20.4 Å². The number of nitrogen functional groups attached to an aromatic ring is 1. The van der Waals surface area contributed by atoms with Gasteiger partial charge in [0.2, 0.25) is 0 Å². The highest BCUT2D eigenvalue weighted by Crippen LogP contribution is 2.28. The quantitative estimate of drug-likeness (QED) is 0.510. The first-order valence-electron chi connectivity index (χ1n) is 7.64. The monoisotopic (exact) mass is 369 g/mol. The smallest absolute Gasteiger partial charge is 0.271 e. The summed E-state index contributed by atoms with van der Waals surface area (Å²) in [4.78, 5) is 24.1. The summed E-state index contributed by atoms with van der Waals surface area (Å²) in [6, 6.07) is 8.74. The van der Waals surface area contributed by atoms with Crippen LogP contribution < -0.4 is 21.9 Å². The molecule has 3 rings (SSSR count). The average Bonchev–Trinajstić information content (AvgIpc) is 2.65. The van der Waals surface area contributed by atoms with Gasteiger partial charge in [0, 0.05) is 23.1 Å². The maximum atomic E-state index is 12.1. The van der Waals surface area contributed by atoms with Gasteiger partial charge in [-0.3, -0.25) is 20.6 Å². The molecule has 8 nitrogen and oxygen atoms in total. The van der Waals surface area contributed by atoms with E-state index in [0.29, 0.717) is 16.4 Å². The van der Waals surface area contributed by atoms with Gasteiger partial charge in [-0.2, -0.15) is 0 Å². The second kappa shape index (κ2) is 7.66. The Morgan fingerprint density at radius 3 is 2.73 bits per heavy atom. The van der Waals surface area contributed by atoms with E-state index >= 15 is 0 Å². The molecule has 3 aromatic rings. The highest BCUT2D eigenvalue weighted by atomic mass is 35.5. The number of anilines is 4. The third kappa shape index (κ3) is 3.98. The first-order chi connectivity index (χ1) is 12.5. The number of halogens is 1. The second-order valence-corrected chi connectivity index (χ2v) is 5.83. The number of hydrogen-bond donors (Lipinski definition) is 4. The summed E-state index contributed by atoms with van der Waals surface area (Å²) in [6.45, 7) is 1.92. The second-order valence-electron chi connectivity index (χ2n) is 5.39. The fourth-order valence-corrected chi connectivity index (χ4v) is 2.40. The van der Waals surface area contributed by atoms with Crippen molar-refractivity contribution < 1.29 is 4.79 Å². The zero-order chi connectivity index (χ0) is 18.5. The lowest BCUT2D eigenvalue weighted by Gasteiger charge is -2.14. The number of pyridine rings is 1. The van der Waals surface area contributed by atoms with Gasteiger partial charge in [-0.05, 0) is 42.8 Å². The van der Waals surface area contributed by atoms with E-state index in [4.69, 9.17) is 17.3 Å². The van der Waals surface area contributed by atoms with Crippen molar-refractivity contribution in [1.29, 1.82) is 0 Å². The van der Waals surface area contributed by atoms with E-state index in [-0.39, 0.29) is 17.4 Å². The zero-order valence-electron chi connectivity index (χ0n) is 13.8. The Morgan fingerprint density at radius 1 is 1.19 bits per heavy atom. The lowest BCUT2D eigenvalue weighted by Crippen LogP contribution is -2.30. The molecule has 0 bridgehead atoms.